The number of hydrogen-bond donors (Lipinski definition) is 1. The summed E-state index contributed by atoms with van der Waals surface area (Å²) in [6.45, 7) is 4.92. The van der Waals surface area contributed by atoms with Gasteiger partial charge in [-0.15, -0.1) is 0 Å². The maximum absolute atomic E-state index is 12.2. The molecule has 0 fully saturated rings. The van der Waals surface area contributed by atoms with Crippen LogP contribution in [0.4, 0.5) is 5.95 Å². The second-order valence-electron chi connectivity index (χ2n) is 4.69. The quantitative estimate of drug-likeness (QED) is 0.869. The summed E-state index contributed by atoms with van der Waals surface area (Å²) in [6.07, 6.45) is 2.63. The molecule has 1 amide bonds. The van der Waals surface area contributed by atoms with Gasteiger partial charge in [-0.25, -0.2) is 23.1 Å². The summed E-state index contributed by atoms with van der Waals surface area (Å²) in [7, 11) is -3.74. The van der Waals surface area contributed by atoms with Crippen molar-refractivity contribution in [1.29, 1.82) is 0 Å². The van der Waals surface area contributed by atoms with Crippen molar-refractivity contribution in [2.45, 2.75) is 18.7 Å². The van der Waals surface area contributed by atoms with Gasteiger partial charge in [0.15, 0.2) is 0 Å². The van der Waals surface area contributed by atoms with Gasteiger partial charge < -0.3 is 4.90 Å². The van der Waals surface area contributed by atoms with Gasteiger partial charge in [-0.05, 0) is 26.0 Å². The normalized spacial score (nSPS) is 11.0. The van der Waals surface area contributed by atoms with Gasteiger partial charge in [0.2, 0.25) is 5.95 Å². The van der Waals surface area contributed by atoms with Gasteiger partial charge >= 0.3 is 0 Å². The van der Waals surface area contributed by atoms with Crippen LogP contribution in [0.1, 0.15) is 24.2 Å². The van der Waals surface area contributed by atoms with Gasteiger partial charge in [0.25, 0.3) is 15.9 Å². The van der Waals surface area contributed by atoms with Crippen LogP contribution in [-0.2, 0) is 10.0 Å². The number of benzene rings is 1. The third-order valence-electron chi connectivity index (χ3n) is 3.23. The summed E-state index contributed by atoms with van der Waals surface area (Å²) in [5.74, 6) is -0.266. The van der Waals surface area contributed by atoms with Crippen LogP contribution in [0.2, 0.25) is 0 Å². The molecule has 0 bridgehead atoms. The average Bonchev–Trinajstić information content (AvgIpc) is 2.57. The highest BCUT2D eigenvalue weighted by Gasteiger charge is 2.17. The van der Waals surface area contributed by atoms with Crippen LogP contribution < -0.4 is 4.72 Å². The number of nitrogens with zero attached hydrogens (tertiary/aromatic N) is 3. The third kappa shape index (κ3) is 4.04. The molecule has 0 aliphatic heterocycles. The highest BCUT2D eigenvalue weighted by atomic mass is 32.2. The lowest BCUT2D eigenvalue weighted by molar-refractivity contribution is 0.0772. The Morgan fingerprint density at radius 2 is 1.65 bits per heavy atom. The Labute approximate surface area is 135 Å². The number of anilines is 1. The minimum atomic E-state index is -3.74. The van der Waals surface area contributed by atoms with Crippen molar-refractivity contribution in [3.05, 3.63) is 48.3 Å². The first kappa shape index (κ1) is 16.9. The first-order valence-electron chi connectivity index (χ1n) is 7.17. The molecule has 1 N–H and O–H groups in total. The number of amides is 1. The Hall–Kier alpha value is -2.48. The molecule has 0 aliphatic rings. The zero-order chi connectivity index (χ0) is 16.9. The van der Waals surface area contributed by atoms with E-state index in [4.69, 9.17) is 0 Å². The van der Waals surface area contributed by atoms with Crippen LogP contribution in [0.5, 0.6) is 0 Å². The van der Waals surface area contributed by atoms with Gasteiger partial charge in [-0.3, -0.25) is 4.79 Å². The Balaban J connectivity index is 2.16. The monoisotopic (exact) mass is 334 g/mol. The largest absolute Gasteiger partial charge is 0.339 e. The SMILES string of the molecule is CCN(CC)C(=O)c1cnc(NS(=O)(=O)c2ccccc2)nc1. The second kappa shape index (κ2) is 7.19. The Bertz CT molecular complexity index is 757. The van der Waals surface area contributed by atoms with E-state index in [1.165, 1.54) is 24.5 Å². The predicted molar refractivity (Wildman–Crippen MR) is 86.5 cm³/mol. The summed E-state index contributed by atoms with van der Waals surface area (Å²) in [5, 5.41) is 0. The molecule has 0 unspecified atom stereocenters. The molecule has 0 aliphatic carbocycles. The zero-order valence-electron chi connectivity index (χ0n) is 12.9. The van der Waals surface area contributed by atoms with E-state index in [9.17, 15) is 13.2 Å². The number of aromatic nitrogens is 2. The molecule has 1 aromatic carbocycles. The fraction of sp³-hybridized carbons (Fsp3) is 0.267. The molecule has 2 aromatic rings. The van der Waals surface area contributed by atoms with Crippen molar-refractivity contribution in [1.82, 2.24) is 14.9 Å². The minimum Gasteiger partial charge on any atom is -0.339 e. The highest BCUT2D eigenvalue weighted by molar-refractivity contribution is 7.92. The predicted octanol–water partition coefficient (Wildman–Crippen LogP) is 1.76. The van der Waals surface area contributed by atoms with Crippen LogP contribution in [-0.4, -0.2) is 42.3 Å². The maximum Gasteiger partial charge on any atom is 0.264 e. The van der Waals surface area contributed by atoms with Crippen LogP contribution in [0.15, 0.2) is 47.6 Å². The van der Waals surface area contributed by atoms with Crippen LogP contribution in [0.3, 0.4) is 0 Å². The van der Waals surface area contributed by atoms with Crippen LogP contribution >= 0.6 is 0 Å². The molecular weight excluding hydrogens is 316 g/mol. The molecule has 0 radical (unpaired) electrons. The molecule has 7 nitrogen and oxygen atoms in total. The van der Waals surface area contributed by atoms with Crippen molar-refractivity contribution in [2.24, 2.45) is 0 Å². The molecule has 8 heteroatoms. The van der Waals surface area contributed by atoms with Crippen molar-refractivity contribution in [3.63, 3.8) is 0 Å². The molecule has 122 valence electrons. The lowest BCUT2D eigenvalue weighted by Gasteiger charge is -2.18. The van der Waals surface area contributed by atoms with E-state index in [1.54, 1.807) is 23.1 Å². The zero-order valence-corrected chi connectivity index (χ0v) is 13.7. The topological polar surface area (TPSA) is 92.3 Å². The molecule has 23 heavy (non-hydrogen) atoms. The Morgan fingerprint density at radius 3 is 2.17 bits per heavy atom. The summed E-state index contributed by atoms with van der Waals surface area (Å²) < 4.78 is 26.6. The van der Waals surface area contributed by atoms with E-state index in [2.05, 4.69) is 14.7 Å². The van der Waals surface area contributed by atoms with Crippen LogP contribution in [0, 0.1) is 0 Å². The molecular formula is C15H18N4O3S. The van der Waals surface area contributed by atoms with E-state index in [0.29, 0.717) is 18.7 Å². The maximum atomic E-state index is 12.2. The minimum absolute atomic E-state index is 0.0787. The second-order valence-corrected chi connectivity index (χ2v) is 6.37. The van der Waals surface area contributed by atoms with Crippen molar-refractivity contribution >= 4 is 21.9 Å². The van der Waals surface area contributed by atoms with Gasteiger partial charge in [0.05, 0.1) is 10.5 Å². The molecule has 0 spiro atoms. The number of sulfonamides is 1. The fourth-order valence-corrected chi connectivity index (χ4v) is 2.94. The van der Waals surface area contributed by atoms with Crippen molar-refractivity contribution < 1.29 is 13.2 Å². The number of rotatable bonds is 6. The molecule has 2 rings (SSSR count). The van der Waals surface area contributed by atoms with E-state index in [0.717, 1.165) is 0 Å². The summed E-state index contributed by atoms with van der Waals surface area (Å²) in [5.41, 5.74) is 0.316. The molecule has 0 atom stereocenters. The Morgan fingerprint density at radius 1 is 1.09 bits per heavy atom. The first-order valence-corrected chi connectivity index (χ1v) is 8.65. The highest BCUT2D eigenvalue weighted by Crippen LogP contribution is 2.12. The smallest absolute Gasteiger partial charge is 0.264 e. The van der Waals surface area contributed by atoms with Gasteiger partial charge in [0.1, 0.15) is 0 Å². The lowest BCUT2D eigenvalue weighted by atomic mass is 10.3. The summed E-state index contributed by atoms with van der Waals surface area (Å²) >= 11 is 0. The summed E-state index contributed by atoms with van der Waals surface area (Å²) in [6, 6.07) is 7.92. The standard InChI is InChI=1S/C15H18N4O3S/c1-3-19(4-2)14(20)12-10-16-15(17-11-12)18-23(21,22)13-8-6-5-7-9-13/h5-11H,3-4H2,1-2H3,(H,16,17,18). The lowest BCUT2D eigenvalue weighted by Crippen LogP contribution is -2.30. The molecule has 0 saturated carbocycles. The number of nitrogens with one attached hydrogen (secondary N) is 1. The van der Waals surface area contributed by atoms with Gasteiger partial charge in [-0.2, -0.15) is 0 Å². The first-order chi connectivity index (χ1) is 11.0. The van der Waals surface area contributed by atoms with E-state index in [-0.39, 0.29) is 16.8 Å². The molecule has 1 aromatic heterocycles. The van der Waals surface area contributed by atoms with Crippen LogP contribution in [0.25, 0.3) is 0 Å². The van der Waals surface area contributed by atoms with E-state index in [1.807, 2.05) is 13.8 Å². The van der Waals surface area contributed by atoms with Gasteiger partial charge in [0, 0.05) is 25.5 Å². The third-order valence-corrected chi connectivity index (χ3v) is 4.57. The van der Waals surface area contributed by atoms with Crippen molar-refractivity contribution in [2.75, 3.05) is 17.8 Å². The Kier molecular flexibility index (Phi) is 5.28. The fourth-order valence-electron chi connectivity index (χ4n) is 1.96. The molecule has 1 heterocycles. The molecule has 0 saturated heterocycles. The van der Waals surface area contributed by atoms with E-state index < -0.39 is 10.0 Å². The number of carbonyl (C=O) groups is 1. The van der Waals surface area contributed by atoms with E-state index >= 15 is 0 Å². The van der Waals surface area contributed by atoms with Crippen molar-refractivity contribution in [3.8, 4) is 0 Å². The van der Waals surface area contributed by atoms with Gasteiger partial charge in [-0.1, -0.05) is 18.2 Å². The average molecular weight is 334 g/mol. The number of carbonyl (C=O) groups excluding carboxylic acids is 1. The summed E-state index contributed by atoms with van der Waals surface area (Å²) in [4.78, 5) is 21.7. The number of hydrogen-bond acceptors (Lipinski definition) is 5.